The van der Waals surface area contributed by atoms with Crippen molar-refractivity contribution in [2.75, 3.05) is 5.75 Å². The molecule has 0 amide bonds. The first-order valence-corrected chi connectivity index (χ1v) is 13.1. The topological polar surface area (TPSA) is 52.2 Å². The van der Waals surface area contributed by atoms with Gasteiger partial charge in [-0.2, -0.15) is 0 Å². The number of aryl methyl sites for hydroxylation is 1. The minimum Gasteiger partial charge on any atom is -0.268 e. The van der Waals surface area contributed by atoms with Crippen molar-refractivity contribution in [3.05, 3.63) is 88.2 Å². The van der Waals surface area contributed by atoms with Crippen molar-refractivity contribution in [3.8, 4) is 16.9 Å². The van der Waals surface area contributed by atoms with E-state index in [4.69, 9.17) is 0 Å². The van der Waals surface area contributed by atoms with Gasteiger partial charge in [0, 0.05) is 22.3 Å². The molecule has 2 heterocycles. The Morgan fingerprint density at radius 3 is 2.59 bits per heavy atom. The summed E-state index contributed by atoms with van der Waals surface area (Å²) >= 11 is 1.61. The second kappa shape index (κ2) is 8.27. The Morgan fingerprint density at radius 1 is 1.06 bits per heavy atom. The van der Waals surface area contributed by atoms with Gasteiger partial charge in [0.1, 0.15) is 0 Å². The molecule has 1 spiro atoms. The van der Waals surface area contributed by atoms with E-state index >= 15 is 0 Å². The minimum atomic E-state index is -0.149. The molecular weight excluding hydrogens is 440 g/mol. The van der Waals surface area contributed by atoms with Crippen LogP contribution in [-0.4, -0.2) is 24.9 Å². The van der Waals surface area contributed by atoms with E-state index in [1.807, 2.05) is 30.3 Å². The fourth-order valence-corrected chi connectivity index (χ4v) is 6.59. The molecule has 172 valence electrons. The third-order valence-corrected chi connectivity index (χ3v) is 8.38. The summed E-state index contributed by atoms with van der Waals surface area (Å²) in [6.45, 7) is 5.95. The lowest BCUT2D eigenvalue weighted by molar-refractivity contribution is 0.284. The zero-order chi connectivity index (χ0) is 23.3. The van der Waals surface area contributed by atoms with Crippen molar-refractivity contribution in [1.29, 1.82) is 0 Å². The quantitative estimate of drug-likeness (QED) is 0.277. The zero-order valence-electron chi connectivity index (χ0n) is 19.5. The summed E-state index contributed by atoms with van der Waals surface area (Å²) < 4.78 is 3.92. The molecule has 2 aromatic carbocycles. The second-order valence-corrected chi connectivity index (χ2v) is 10.6. The van der Waals surface area contributed by atoms with E-state index in [0.29, 0.717) is 5.78 Å². The van der Waals surface area contributed by atoms with Crippen LogP contribution in [0.15, 0.2) is 71.1 Å². The van der Waals surface area contributed by atoms with Gasteiger partial charge >= 0.3 is 0 Å². The van der Waals surface area contributed by atoms with Gasteiger partial charge in [-0.3, -0.25) is 9.20 Å². The highest BCUT2D eigenvalue weighted by Gasteiger charge is 2.44. The van der Waals surface area contributed by atoms with E-state index in [1.165, 1.54) is 12.0 Å². The summed E-state index contributed by atoms with van der Waals surface area (Å²) in [6.07, 6.45) is 8.43. The third-order valence-electron chi connectivity index (χ3n) is 7.46. The van der Waals surface area contributed by atoms with Crippen LogP contribution in [0.3, 0.4) is 0 Å². The Morgan fingerprint density at radius 2 is 1.82 bits per heavy atom. The number of nitrogens with zero attached hydrogens (tertiary/aromatic N) is 4. The summed E-state index contributed by atoms with van der Waals surface area (Å²) in [5, 5.41) is 9.93. The Hall–Kier alpha value is -3.12. The summed E-state index contributed by atoms with van der Waals surface area (Å²) in [4.78, 5) is 14.5. The molecule has 1 saturated carbocycles. The van der Waals surface area contributed by atoms with Gasteiger partial charge in [0.15, 0.2) is 5.16 Å². The van der Waals surface area contributed by atoms with Crippen LogP contribution in [0.25, 0.3) is 22.7 Å². The fourth-order valence-electron chi connectivity index (χ4n) is 5.92. The van der Waals surface area contributed by atoms with Gasteiger partial charge in [0.05, 0.1) is 11.4 Å². The molecule has 5 nitrogen and oxygen atoms in total. The van der Waals surface area contributed by atoms with Crippen LogP contribution in [0.4, 0.5) is 0 Å². The van der Waals surface area contributed by atoms with Crippen molar-refractivity contribution in [2.45, 2.75) is 56.0 Å². The molecule has 0 bridgehead atoms. The van der Waals surface area contributed by atoms with E-state index in [2.05, 4.69) is 52.4 Å². The summed E-state index contributed by atoms with van der Waals surface area (Å²) in [5.41, 5.74) is 6.28. The fraction of sp³-hybridized carbons (Fsp3) is 0.321. The molecule has 0 N–H and O–H groups in total. The Balaban J connectivity index is 1.77. The molecule has 6 heteroatoms. The molecular formula is C28H28N4OS. The molecule has 0 radical (unpaired) electrons. The lowest BCUT2D eigenvalue weighted by Gasteiger charge is -2.42. The summed E-state index contributed by atoms with van der Waals surface area (Å²) in [5.74, 6) is 1.30. The van der Waals surface area contributed by atoms with Gasteiger partial charge in [-0.25, -0.2) is 4.57 Å². The Labute approximate surface area is 203 Å². The molecule has 4 aromatic rings. The van der Waals surface area contributed by atoms with Gasteiger partial charge in [-0.05, 0) is 43.9 Å². The molecule has 0 saturated heterocycles. The molecule has 6 rings (SSSR count). The number of fused-ring (bicyclic) bond motifs is 6. The van der Waals surface area contributed by atoms with Crippen LogP contribution in [0.2, 0.25) is 0 Å². The molecule has 1 fully saturated rings. The van der Waals surface area contributed by atoms with Crippen molar-refractivity contribution >= 4 is 17.5 Å². The number of hydrogen-bond donors (Lipinski definition) is 0. The molecule has 0 unspecified atom stereocenters. The first-order valence-electron chi connectivity index (χ1n) is 12.1. The molecule has 0 aliphatic heterocycles. The first kappa shape index (κ1) is 21.4. The standard InChI is InChI=1S/C28H28N4OS/c1-3-17-34-27-30-29-26-31(21-13-11-19(2)12-14-21)25(33)23-24(32(26)27)22-10-6-5-9-20(22)18-28(23)15-7-4-8-16-28/h3,5-6,9-14H,1,4,7-8,15-18H2,2H3. The predicted molar refractivity (Wildman–Crippen MR) is 138 cm³/mol. The maximum atomic E-state index is 14.5. The van der Waals surface area contributed by atoms with E-state index < -0.39 is 0 Å². The SMILES string of the molecule is C=CCSc1nnc2n(-c3ccc(C)cc3)c(=O)c3c(n12)-c1ccccc1CC31CCCCC1. The highest BCUT2D eigenvalue weighted by atomic mass is 32.2. The average Bonchev–Trinajstić information content (AvgIpc) is 3.27. The molecule has 2 aliphatic carbocycles. The van der Waals surface area contributed by atoms with Crippen LogP contribution in [0, 0.1) is 6.92 Å². The van der Waals surface area contributed by atoms with Gasteiger partial charge < -0.3 is 0 Å². The highest BCUT2D eigenvalue weighted by Crippen LogP contribution is 2.49. The lowest BCUT2D eigenvalue weighted by Crippen LogP contribution is -2.43. The smallest absolute Gasteiger partial charge is 0.263 e. The van der Waals surface area contributed by atoms with Gasteiger partial charge in [0.25, 0.3) is 5.56 Å². The van der Waals surface area contributed by atoms with E-state index in [1.54, 1.807) is 16.3 Å². The Bertz CT molecular complexity index is 1460. The summed E-state index contributed by atoms with van der Waals surface area (Å²) in [7, 11) is 0. The summed E-state index contributed by atoms with van der Waals surface area (Å²) in [6, 6.07) is 16.7. The number of aromatic nitrogens is 4. The van der Waals surface area contributed by atoms with Crippen molar-refractivity contribution in [2.24, 2.45) is 0 Å². The van der Waals surface area contributed by atoms with Crippen LogP contribution >= 0.6 is 11.8 Å². The van der Waals surface area contributed by atoms with E-state index in [9.17, 15) is 4.79 Å². The van der Waals surface area contributed by atoms with Crippen LogP contribution in [-0.2, 0) is 11.8 Å². The van der Waals surface area contributed by atoms with E-state index in [0.717, 1.165) is 71.1 Å². The van der Waals surface area contributed by atoms with Crippen molar-refractivity contribution < 1.29 is 0 Å². The van der Waals surface area contributed by atoms with Gasteiger partial charge in [0.2, 0.25) is 5.78 Å². The minimum absolute atomic E-state index is 0.0513. The third kappa shape index (κ3) is 3.19. The predicted octanol–water partition coefficient (Wildman–Crippen LogP) is 5.89. The number of rotatable bonds is 4. The monoisotopic (exact) mass is 468 g/mol. The normalized spacial score (nSPS) is 16.4. The maximum absolute atomic E-state index is 14.5. The maximum Gasteiger partial charge on any atom is 0.263 e. The molecule has 0 atom stereocenters. The lowest BCUT2D eigenvalue weighted by atomic mass is 9.62. The molecule has 2 aliphatic rings. The molecule has 2 aromatic heterocycles. The highest BCUT2D eigenvalue weighted by molar-refractivity contribution is 7.99. The first-order chi connectivity index (χ1) is 16.6. The van der Waals surface area contributed by atoms with Crippen LogP contribution in [0.5, 0.6) is 0 Å². The number of benzene rings is 2. The average molecular weight is 469 g/mol. The van der Waals surface area contributed by atoms with E-state index in [-0.39, 0.29) is 11.0 Å². The number of hydrogen-bond acceptors (Lipinski definition) is 4. The van der Waals surface area contributed by atoms with Gasteiger partial charge in [-0.1, -0.05) is 79.1 Å². The van der Waals surface area contributed by atoms with Crippen LogP contribution in [0.1, 0.15) is 48.8 Å². The van der Waals surface area contributed by atoms with Crippen molar-refractivity contribution in [1.82, 2.24) is 19.2 Å². The number of thioether (sulfide) groups is 1. The second-order valence-electron chi connectivity index (χ2n) is 9.59. The largest absolute Gasteiger partial charge is 0.268 e. The Kier molecular flexibility index (Phi) is 5.21. The molecule has 34 heavy (non-hydrogen) atoms. The van der Waals surface area contributed by atoms with Crippen LogP contribution < -0.4 is 5.56 Å². The van der Waals surface area contributed by atoms with Crippen molar-refractivity contribution in [3.63, 3.8) is 0 Å². The zero-order valence-corrected chi connectivity index (χ0v) is 20.3. The van der Waals surface area contributed by atoms with Gasteiger partial charge in [-0.15, -0.1) is 16.8 Å².